The van der Waals surface area contributed by atoms with E-state index in [4.69, 9.17) is 0 Å². The van der Waals surface area contributed by atoms with Crippen molar-refractivity contribution in [3.63, 3.8) is 0 Å². The molecule has 5 nitrogen and oxygen atoms in total. The lowest BCUT2D eigenvalue weighted by molar-refractivity contribution is 0.253. The Morgan fingerprint density at radius 1 is 1.25 bits per heavy atom. The maximum absolute atomic E-state index is 12.0. The predicted octanol–water partition coefficient (Wildman–Crippen LogP) is 0.774. The summed E-state index contributed by atoms with van der Waals surface area (Å²) in [6.45, 7) is 4.62. The van der Waals surface area contributed by atoms with Crippen LogP contribution in [0.3, 0.4) is 0 Å². The Bertz CT molecular complexity index is 530. The molecule has 1 heterocycles. The van der Waals surface area contributed by atoms with Crippen molar-refractivity contribution in [3.05, 3.63) is 34.3 Å². The second kappa shape index (κ2) is 7.51. The average molecular weight is 362 g/mol. The fraction of sp³-hybridized carbons (Fsp3) is 0.538. The third kappa shape index (κ3) is 5.14. The van der Waals surface area contributed by atoms with Gasteiger partial charge in [0.15, 0.2) is 0 Å². The van der Waals surface area contributed by atoms with Crippen molar-refractivity contribution in [1.82, 2.24) is 14.9 Å². The molecular weight excluding hydrogens is 342 g/mol. The number of halogens is 1. The number of piperazine rings is 1. The van der Waals surface area contributed by atoms with Crippen LogP contribution in [0.2, 0.25) is 0 Å². The topological polar surface area (TPSA) is 61.4 Å². The van der Waals surface area contributed by atoms with E-state index in [1.165, 1.54) is 0 Å². The van der Waals surface area contributed by atoms with Crippen molar-refractivity contribution in [2.75, 3.05) is 38.5 Å². The first-order valence-corrected chi connectivity index (χ1v) is 9.15. The lowest BCUT2D eigenvalue weighted by Crippen LogP contribution is -2.45. The van der Waals surface area contributed by atoms with Crippen molar-refractivity contribution in [3.8, 4) is 0 Å². The molecule has 0 atom stereocenters. The highest BCUT2D eigenvalue weighted by atomic mass is 79.9. The number of hydrogen-bond donors (Lipinski definition) is 2. The monoisotopic (exact) mass is 361 g/mol. The fourth-order valence-corrected chi connectivity index (χ4v) is 3.53. The molecule has 0 unspecified atom stereocenters. The van der Waals surface area contributed by atoms with Gasteiger partial charge in [-0.05, 0) is 11.6 Å². The van der Waals surface area contributed by atoms with Crippen LogP contribution < -0.4 is 10.0 Å². The molecule has 1 fully saturated rings. The van der Waals surface area contributed by atoms with E-state index >= 15 is 0 Å². The van der Waals surface area contributed by atoms with Crippen molar-refractivity contribution >= 4 is 26.0 Å². The summed E-state index contributed by atoms with van der Waals surface area (Å²) in [6.07, 6.45) is 0. The van der Waals surface area contributed by atoms with Gasteiger partial charge in [-0.2, -0.15) is 0 Å². The first-order chi connectivity index (χ1) is 9.57. The predicted molar refractivity (Wildman–Crippen MR) is 84.1 cm³/mol. The average Bonchev–Trinajstić information content (AvgIpc) is 2.46. The van der Waals surface area contributed by atoms with Gasteiger partial charge >= 0.3 is 0 Å². The molecular formula is C13H20BrN3O2S. The van der Waals surface area contributed by atoms with Gasteiger partial charge in [-0.3, -0.25) is 4.90 Å². The Kier molecular flexibility index (Phi) is 5.98. The zero-order chi connectivity index (χ0) is 14.4. The summed E-state index contributed by atoms with van der Waals surface area (Å²) in [7, 11) is -3.23. The van der Waals surface area contributed by atoms with Crippen molar-refractivity contribution < 1.29 is 8.42 Å². The van der Waals surface area contributed by atoms with Crippen LogP contribution in [0, 0.1) is 0 Å². The molecule has 1 aromatic rings. The van der Waals surface area contributed by atoms with Crippen LogP contribution >= 0.6 is 15.9 Å². The highest BCUT2D eigenvalue weighted by molar-refractivity contribution is 9.10. The van der Waals surface area contributed by atoms with E-state index in [1.54, 1.807) is 0 Å². The van der Waals surface area contributed by atoms with Crippen LogP contribution in [0.15, 0.2) is 28.7 Å². The molecule has 20 heavy (non-hydrogen) atoms. The molecule has 7 heteroatoms. The summed E-state index contributed by atoms with van der Waals surface area (Å²) in [4.78, 5) is 2.17. The highest BCUT2D eigenvalue weighted by Gasteiger charge is 2.15. The number of benzene rings is 1. The van der Waals surface area contributed by atoms with E-state index in [0.717, 1.165) is 36.2 Å². The smallest absolute Gasteiger partial charge is 0.213 e. The maximum Gasteiger partial charge on any atom is 0.213 e. The van der Waals surface area contributed by atoms with Crippen LogP contribution in [-0.2, 0) is 16.6 Å². The molecule has 112 valence electrons. The largest absolute Gasteiger partial charge is 0.314 e. The second-order valence-electron chi connectivity index (χ2n) is 4.82. The first kappa shape index (κ1) is 15.9. The van der Waals surface area contributed by atoms with Gasteiger partial charge in [-0.1, -0.05) is 34.1 Å². The van der Waals surface area contributed by atoms with E-state index in [-0.39, 0.29) is 5.75 Å². The number of rotatable bonds is 6. The lowest BCUT2D eigenvalue weighted by Gasteiger charge is -2.26. The third-order valence-corrected chi connectivity index (χ3v) is 5.40. The zero-order valence-electron chi connectivity index (χ0n) is 11.3. The van der Waals surface area contributed by atoms with Crippen LogP contribution in [0.25, 0.3) is 0 Å². The lowest BCUT2D eigenvalue weighted by atomic mass is 10.2. The van der Waals surface area contributed by atoms with Gasteiger partial charge in [0, 0.05) is 43.7 Å². The molecule has 0 amide bonds. The fourth-order valence-electron chi connectivity index (χ4n) is 2.09. The Morgan fingerprint density at radius 3 is 2.65 bits per heavy atom. The molecule has 0 aromatic heterocycles. The molecule has 1 aliphatic rings. The van der Waals surface area contributed by atoms with E-state index in [1.807, 2.05) is 24.3 Å². The van der Waals surface area contributed by atoms with Gasteiger partial charge in [-0.25, -0.2) is 13.1 Å². The van der Waals surface area contributed by atoms with Gasteiger partial charge in [0.2, 0.25) is 10.0 Å². The molecule has 0 spiro atoms. The Labute approximate surface area is 128 Å². The minimum atomic E-state index is -3.23. The summed E-state index contributed by atoms with van der Waals surface area (Å²) in [6, 6.07) is 7.62. The van der Waals surface area contributed by atoms with Crippen LogP contribution in [0.1, 0.15) is 5.56 Å². The SMILES string of the molecule is O=S(=O)(CCN1CCNCC1)NCc1ccccc1Br. The Hall–Kier alpha value is -0.470. The van der Waals surface area contributed by atoms with Crippen molar-refractivity contribution in [2.45, 2.75) is 6.54 Å². The Balaban J connectivity index is 1.80. The summed E-state index contributed by atoms with van der Waals surface area (Å²) >= 11 is 3.42. The van der Waals surface area contributed by atoms with Crippen molar-refractivity contribution in [2.24, 2.45) is 0 Å². The van der Waals surface area contributed by atoms with E-state index < -0.39 is 10.0 Å². The zero-order valence-corrected chi connectivity index (χ0v) is 13.7. The number of hydrogen-bond acceptors (Lipinski definition) is 4. The number of nitrogens with zero attached hydrogens (tertiary/aromatic N) is 1. The first-order valence-electron chi connectivity index (χ1n) is 6.71. The number of sulfonamides is 1. The second-order valence-corrected chi connectivity index (χ2v) is 7.60. The molecule has 0 bridgehead atoms. The molecule has 0 radical (unpaired) electrons. The number of nitrogens with one attached hydrogen (secondary N) is 2. The van der Waals surface area contributed by atoms with Crippen LogP contribution in [0.5, 0.6) is 0 Å². The van der Waals surface area contributed by atoms with E-state index in [2.05, 4.69) is 30.9 Å². The summed E-state index contributed by atoms with van der Waals surface area (Å²) in [5, 5.41) is 3.25. The molecule has 0 aliphatic carbocycles. The molecule has 2 rings (SSSR count). The van der Waals surface area contributed by atoms with Gasteiger partial charge in [0.05, 0.1) is 5.75 Å². The van der Waals surface area contributed by atoms with Gasteiger partial charge < -0.3 is 5.32 Å². The van der Waals surface area contributed by atoms with Gasteiger partial charge in [0.1, 0.15) is 0 Å². The molecule has 0 saturated carbocycles. The molecule has 2 N–H and O–H groups in total. The van der Waals surface area contributed by atoms with E-state index in [0.29, 0.717) is 13.1 Å². The van der Waals surface area contributed by atoms with Crippen LogP contribution in [-0.4, -0.2) is 51.8 Å². The van der Waals surface area contributed by atoms with Crippen molar-refractivity contribution in [1.29, 1.82) is 0 Å². The molecule has 1 aliphatic heterocycles. The summed E-state index contributed by atoms with van der Waals surface area (Å²) < 4.78 is 27.6. The maximum atomic E-state index is 12.0. The van der Waals surface area contributed by atoms with E-state index in [9.17, 15) is 8.42 Å². The Morgan fingerprint density at radius 2 is 1.95 bits per heavy atom. The normalized spacial score (nSPS) is 17.2. The van der Waals surface area contributed by atoms with Gasteiger partial charge in [0.25, 0.3) is 0 Å². The molecule has 1 saturated heterocycles. The van der Waals surface area contributed by atoms with Gasteiger partial charge in [-0.15, -0.1) is 0 Å². The third-order valence-electron chi connectivity index (χ3n) is 3.33. The highest BCUT2D eigenvalue weighted by Crippen LogP contribution is 2.15. The quantitative estimate of drug-likeness (QED) is 0.785. The molecule has 1 aromatic carbocycles. The van der Waals surface area contributed by atoms with Crippen LogP contribution in [0.4, 0.5) is 0 Å². The minimum absolute atomic E-state index is 0.150. The minimum Gasteiger partial charge on any atom is -0.314 e. The summed E-state index contributed by atoms with van der Waals surface area (Å²) in [5.74, 6) is 0.150. The summed E-state index contributed by atoms with van der Waals surface area (Å²) in [5.41, 5.74) is 0.943. The standard InChI is InChI=1S/C13H20BrN3O2S/c14-13-4-2-1-3-12(13)11-16-20(18,19)10-9-17-7-5-15-6-8-17/h1-4,15-16H,5-11H2.